The van der Waals surface area contributed by atoms with Gasteiger partial charge in [-0.05, 0) is 36.5 Å². The van der Waals surface area contributed by atoms with Gasteiger partial charge in [0.05, 0.1) is 12.7 Å². The van der Waals surface area contributed by atoms with Crippen molar-refractivity contribution in [1.82, 2.24) is 5.48 Å². The summed E-state index contributed by atoms with van der Waals surface area (Å²) in [5, 5.41) is 27.3. The molecule has 6 nitrogen and oxygen atoms in total. The highest BCUT2D eigenvalue weighted by Gasteiger charge is 2.15. The molecule has 0 saturated carbocycles. The minimum atomic E-state index is -0.605. The van der Waals surface area contributed by atoms with Gasteiger partial charge < -0.3 is 14.9 Å². The summed E-state index contributed by atoms with van der Waals surface area (Å²) in [7, 11) is 0. The number of hydroxylamine groups is 1. The number of allylic oxidation sites excluding steroid dienone is 1. The molecule has 4 N–H and O–H groups in total. The summed E-state index contributed by atoms with van der Waals surface area (Å²) in [5.41, 5.74) is 2.31. The van der Waals surface area contributed by atoms with E-state index in [2.05, 4.69) is 0 Å². The number of carbonyl (C=O) groups excluding carboxylic acids is 1. The predicted molar refractivity (Wildman–Crippen MR) is 81.4 cm³/mol. The van der Waals surface area contributed by atoms with E-state index in [4.69, 9.17) is 15.1 Å². The fourth-order valence-corrected chi connectivity index (χ4v) is 2.00. The lowest BCUT2D eigenvalue weighted by molar-refractivity contribution is -0.124. The highest BCUT2D eigenvalue weighted by Crippen LogP contribution is 2.26. The summed E-state index contributed by atoms with van der Waals surface area (Å²) in [4.78, 5) is 10.8. The van der Waals surface area contributed by atoms with E-state index >= 15 is 0 Å². The van der Waals surface area contributed by atoms with Crippen LogP contribution in [0.3, 0.4) is 0 Å². The van der Waals surface area contributed by atoms with Crippen molar-refractivity contribution in [3.63, 3.8) is 0 Å². The minimum Gasteiger partial charge on any atom is -0.491 e. The van der Waals surface area contributed by atoms with E-state index in [0.717, 1.165) is 5.56 Å². The highest BCUT2D eigenvalue weighted by molar-refractivity contribution is 5.86. The van der Waals surface area contributed by atoms with Crippen LogP contribution in [0.4, 0.5) is 0 Å². The van der Waals surface area contributed by atoms with Gasteiger partial charge in [0.1, 0.15) is 12.4 Å². The number of ether oxygens (including phenoxy) is 1. The second-order valence-electron chi connectivity index (χ2n) is 5.02. The normalized spacial score (nSPS) is 13.8. The molecule has 0 aliphatic rings. The summed E-state index contributed by atoms with van der Waals surface area (Å²) >= 11 is 0. The zero-order valence-corrected chi connectivity index (χ0v) is 12.6. The van der Waals surface area contributed by atoms with Crippen LogP contribution < -0.4 is 10.2 Å². The average molecular weight is 309 g/mol. The van der Waals surface area contributed by atoms with Crippen molar-refractivity contribution in [2.75, 3.05) is 13.2 Å². The van der Waals surface area contributed by atoms with Gasteiger partial charge in [0.25, 0.3) is 5.91 Å². The van der Waals surface area contributed by atoms with Crippen LogP contribution >= 0.6 is 0 Å². The monoisotopic (exact) mass is 309 g/mol. The first-order valence-corrected chi connectivity index (χ1v) is 7.20. The van der Waals surface area contributed by atoms with Crippen molar-refractivity contribution in [3.05, 3.63) is 42.0 Å². The van der Waals surface area contributed by atoms with Crippen molar-refractivity contribution < 1.29 is 25.0 Å². The van der Waals surface area contributed by atoms with Crippen LogP contribution in [0.2, 0.25) is 0 Å². The first-order chi connectivity index (χ1) is 10.6. The molecular formula is C16H23NO5. The van der Waals surface area contributed by atoms with Crippen LogP contribution in [0.15, 0.2) is 36.4 Å². The van der Waals surface area contributed by atoms with Gasteiger partial charge in [-0.3, -0.25) is 10.0 Å². The summed E-state index contributed by atoms with van der Waals surface area (Å²) in [6.45, 7) is 2.14. The molecule has 1 aromatic carbocycles. The molecule has 22 heavy (non-hydrogen) atoms. The van der Waals surface area contributed by atoms with Gasteiger partial charge in [-0.15, -0.1) is 0 Å². The number of aliphatic hydroxyl groups excluding tert-OH is 2. The summed E-state index contributed by atoms with van der Waals surface area (Å²) in [5.74, 6) is 0.105. The molecule has 0 aliphatic heterocycles. The van der Waals surface area contributed by atoms with Gasteiger partial charge >= 0.3 is 0 Å². The highest BCUT2D eigenvalue weighted by atomic mass is 16.5. The van der Waals surface area contributed by atoms with E-state index in [-0.39, 0.29) is 19.1 Å². The number of rotatable bonds is 9. The van der Waals surface area contributed by atoms with Crippen LogP contribution in [0, 0.1) is 5.92 Å². The maximum Gasteiger partial charge on any atom is 0.267 e. The topological polar surface area (TPSA) is 99.0 Å². The molecule has 0 spiro atoms. The van der Waals surface area contributed by atoms with Gasteiger partial charge in [0.15, 0.2) is 0 Å². The number of benzene rings is 1. The van der Waals surface area contributed by atoms with Crippen molar-refractivity contribution >= 4 is 5.91 Å². The van der Waals surface area contributed by atoms with Gasteiger partial charge in [-0.1, -0.05) is 25.1 Å². The molecule has 0 aromatic heterocycles. The summed E-state index contributed by atoms with van der Waals surface area (Å²) < 4.78 is 5.26. The molecule has 1 aromatic rings. The lowest BCUT2D eigenvalue weighted by Crippen LogP contribution is -2.15. The number of hydrogen-bond donors (Lipinski definition) is 4. The molecule has 0 unspecified atom stereocenters. The third kappa shape index (κ3) is 6.26. The standard InChI is InChI=1S/C16H23NO5/c1-12(4-2-3-5-15(19)17-21)16(20)13-6-8-14(9-7-13)22-11-10-18/h3,5-9,12,16,18,20-21H,2,4,10-11H2,1H3,(H,17,19)/b5-3+/t12-,16-/m1/s1. The maximum absolute atomic E-state index is 10.8. The van der Waals surface area contributed by atoms with Crippen molar-refractivity contribution in [2.45, 2.75) is 25.9 Å². The first kappa shape index (κ1) is 18.2. The molecule has 2 atom stereocenters. The Bertz CT molecular complexity index is 472. The lowest BCUT2D eigenvalue weighted by atomic mass is 9.93. The molecule has 0 bridgehead atoms. The van der Waals surface area contributed by atoms with Crippen LogP contribution in [0.25, 0.3) is 0 Å². The van der Waals surface area contributed by atoms with Crippen LogP contribution in [-0.2, 0) is 4.79 Å². The molecule has 0 saturated heterocycles. The van der Waals surface area contributed by atoms with Crippen molar-refractivity contribution in [2.24, 2.45) is 5.92 Å². The smallest absolute Gasteiger partial charge is 0.267 e. The largest absolute Gasteiger partial charge is 0.491 e. The van der Waals surface area contributed by atoms with E-state index in [9.17, 15) is 9.90 Å². The fourth-order valence-electron chi connectivity index (χ4n) is 2.00. The first-order valence-electron chi connectivity index (χ1n) is 7.20. The number of amides is 1. The fraction of sp³-hybridized carbons (Fsp3) is 0.438. The van der Waals surface area contributed by atoms with E-state index in [1.807, 2.05) is 6.92 Å². The molecule has 122 valence electrons. The molecule has 0 fully saturated rings. The number of aliphatic hydroxyl groups is 2. The van der Waals surface area contributed by atoms with Crippen LogP contribution in [0.5, 0.6) is 5.75 Å². The Morgan fingerprint density at radius 1 is 1.36 bits per heavy atom. The van der Waals surface area contributed by atoms with E-state index in [1.165, 1.54) is 11.6 Å². The molecule has 0 radical (unpaired) electrons. The molecule has 0 heterocycles. The molecule has 1 amide bonds. The zero-order valence-electron chi connectivity index (χ0n) is 12.6. The van der Waals surface area contributed by atoms with Gasteiger partial charge in [-0.2, -0.15) is 0 Å². The molecule has 1 rings (SSSR count). The number of hydrogen-bond acceptors (Lipinski definition) is 5. The Hall–Kier alpha value is -1.89. The zero-order chi connectivity index (χ0) is 16.4. The van der Waals surface area contributed by atoms with E-state index in [0.29, 0.717) is 18.6 Å². The average Bonchev–Trinajstić information content (AvgIpc) is 2.56. The Morgan fingerprint density at radius 2 is 2.05 bits per heavy atom. The van der Waals surface area contributed by atoms with Crippen LogP contribution in [0.1, 0.15) is 31.4 Å². The molecule has 0 aliphatic carbocycles. The van der Waals surface area contributed by atoms with Crippen LogP contribution in [-0.4, -0.2) is 34.5 Å². The Labute approximate surface area is 130 Å². The summed E-state index contributed by atoms with van der Waals surface area (Å²) in [6.07, 6.45) is 3.64. The summed E-state index contributed by atoms with van der Waals surface area (Å²) in [6, 6.07) is 7.10. The second kappa shape index (κ2) is 9.94. The van der Waals surface area contributed by atoms with Crippen molar-refractivity contribution in [3.8, 4) is 5.75 Å². The van der Waals surface area contributed by atoms with Gasteiger partial charge in [0.2, 0.25) is 0 Å². The SMILES string of the molecule is C[C@H](CC/C=C/C(=O)NO)[C@@H](O)c1ccc(OCCO)cc1. The predicted octanol–water partition coefficient (Wildman–Crippen LogP) is 1.57. The third-order valence-electron chi connectivity index (χ3n) is 3.29. The minimum absolute atomic E-state index is 0.0195. The quantitative estimate of drug-likeness (QED) is 0.315. The second-order valence-corrected chi connectivity index (χ2v) is 5.02. The van der Waals surface area contributed by atoms with Crippen molar-refractivity contribution in [1.29, 1.82) is 0 Å². The lowest BCUT2D eigenvalue weighted by Gasteiger charge is -2.19. The molecule has 6 heteroatoms. The third-order valence-corrected chi connectivity index (χ3v) is 3.29. The Balaban J connectivity index is 2.46. The number of carbonyl (C=O) groups is 1. The number of nitrogens with one attached hydrogen (secondary N) is 1. The Kier molecular flexibility index (Phi) is 8.21. The van der Waals surface area contributed by atoms with Gasteiger partial charge in [-0.25, -0.2) is 5.48 Å². The Morgan fingerprint density at radius 3 is 2.64 bits per heavy atom. The maximum atomic E-state index is 10.8. The van der Waals surface area contributed by atoms with Gasteiger partial charge in [0, 0.05) is 6.08 Å². The molecular weight excluding hydrogens is 286 g/mol. The van der Waals surface area contributed by atoms with E-state index in [1.54, 1.807) is 30.3 Å². The van der Waals surface area contributed by atoms with E-state index < -0.39 is 12.0 Å².